The van der Waals surface area contributed by atoms with Crippen molar-refractivity contribution in [1.29, 1.82) is 0 Å². The number of nitrogens with two attached hydrogens (primary N) is 1. The van der Waals surface area contributed by atoms with Gasteiger partial charge in [-0.2, -0.15) is 0 Å². The third-order valence-corrected chi connectivity index (χ3v) is 2.69. The van der Waals surface area contributed by atoms with Gasteiger partial charge in [-0.1, -0.05) is 0 Å². The molecule has 0 aliphatic heterocycles. The van der Waals surface area contributed by atoms with Crippen LogP contribution in [0.2, 0.25) is 0 Å². The van der Waals surface area contributed by atoms with Gasteiger partial charge in [0.2, 0.25) is 5.82 Å². The zero-order chi connectivity index (χ0) is 13.8. The number of aryl methyl sites for hydroxylation is 1. The number of nitrogens with one attached hydrogen (secondary N) is 1. The summed E-state index contributed by atoms with van der Waals surface area (Å²) in [6.45, 7) is 2.34. The lowest BCUT2D eigenvalue weighted by Crippen LogP contribution is -2.07. The number of nitrogens with zero attached hydrogens (tertiary/aromatic N) is 3. The van der Waals surface area contributed by atoms with E-state index in [1.54, 1.807) is 12.4 Å². The summed E-state index contributed by atoms with van der Waals surface area (Å²) in [7, 11) is 0. The lowest BCUT2D eigenvalue weighted by Gasteiger charge is -2.08. The standard InChI is InChI=1S/C12H13N5O2/c1-8-4-5-14-6-9(8)7-15-12-10(17(18)19)2-3-11(13)16-12/h2-6H,7H2,1H3,(H3,13,15,16). The largest absolute Gasteiger partial charge is 0.384 e. The first-order chi connectivity index (χ1) is 9.08. The van der Waals surface area contributed by atoms with Crippen molar-refractivity contribution in [2.75, 3.05) is 11.1 Å². The van der Waals surface area contributed by atoms with E-state index in [2.05, 4.69) is 15.3 Å². The Bertz CT molecular complexity index is 615. The average molecular weight is 259 g/mol. The average Bonchev–Trinajstić information content (AvgIpc) is 2.37. The summed E-state index contributed by atoms with van der Waals surface area (Å²) < 4.78 is 0. The van der Waals surface area contributed by atoms with E-state index in [4.69, 9.17) is 5.73 Å². The van der Waals surface area contributed by atoms with Crippen molar-refractivity contribution in [3.8, 4) is 0 Å². The quantitative estimate of drug-likeness (QED) is 0.641. The molecule has 0 aliphatic rings. The Balaban J connectivity index is 2.22. The van der Waals surface area contributed by atoms with Gasteiger partial charge in [0.15, 0.2) is 0 Å². The summed E-state index contributed by atoms with van der Waals surface area (Å²) in [6, 6.07) is 4.61. The zero-order valence-corrected chi connectivity index (χ0v) is 10.3. The lowest BCUT2D eigenvalue weighted by atomic mass is 10.1. The summed E-state index contributed by atoms with van der Waals surface area (Å²) in [6.07, 6.45) is 3.40. The molecular formula is C12H13N5O2. The Hall–Kier alpha value is -2.70. The highest BCUT2D eigenvalue weighted by atomic mass is 16.6. The van der Waals surface area contributed by atoms with Gasteiger partial charge in [0.05, 0.1) is 4.92 Å². The van der Waals surface area contributed by atoms with Crippen LogP contribution in [0.1, 0.15) is 11.1 Å². The predicted molar refractivity (Wildman–Crippen MR) is 71.6 cm³/mol. The molecule has 0 unspecified atom stereocenters. The van der Waals surface area contributed by atoms with Gasteiger partial charge < -0.3 is 11.1 Å². The van der Waals surface area contributed by atoms with E-state index < -0.39 is 4.92 Å². The van der Waals surface area contributed by atoms with Crippen molar-refractivity contribution >= 4 is 17.3 Å². The maximum absolute atomic E-state index is 10.9. The molecule has 0 saturated heterocycles. The molecule has 0 radical (unpaired) electrons. The van der Waals surface area contributed by atoms with Crippen molar-refractivity contribution in [3.05, 3.63) is 51.8 Å². The second-order valence-corrected chi connectivity index (χ2v) is 4.02. The van der Waals surface area contributed by atoms with Gasteiger partial charge in [-0.05, 0) is 30.2 Å². The van der Waals surface area contributed by atoms with Crippen LogP contribution in [0.25, 0.3) is 0 Å². The van der Waals surface area contributed by atoms with Crippen LogP contribution in [0, 0.1) is 17.0 Å². The van der Waals surface area contributed by atoms with E-state index in [1.165, 1.54) is 12.1 Å². The fraction of sp³-hybridized carbons (Fsp3) is 0.167. The smallest absolute Gasteiger partial charge is 0.311 e. The normalized spacial score (nSPS) is 10.2. The molecule has 98 valence electrons. The molecule has 19 heavy (non-hydrogen) atoms. The van der Waals surface area contributed by atoms with E-state index in [9.17, 15) is 10.1 Å². The van der Waals surface area contributed by atoms with E-state index in [0.717, 1.165) is 11.1 Å². The van der Waals surface area contributed by atoms with Crippen molar-refractivity contribution in [1.82, 2.24) is 9.97 Å². The van der Waals surface area contributed by atoms with Crippen molar-refractivity contribution in [3.63, 3.8) is 0 Å². The number of hydrogen-bond acceptors (Lipinski definition) is 6. The molecule has 7 heteroatoms. The highest BCUT2D eigenvalue weighted by Crippen LogP contribution is 2.23. The van der Waals surface area contributed by atoms with Gasteiger partial charge in [-0.25, -0.2) is 4.98 Å². The zero-order valence-electron chi connectivity index (χ0n) is 10.3. The molecule has 0 aliphatic carbocycles. The third kappa shape index (κ3) is 2.95. The highest BCUT2D eigenvalue weighted by molar-refractivity contribution is 5.59. The number of aromatic nitrogens is 2. The molecule has 3 N–H and O–H groups in total. The van der Waals surface area contributed by atoms with Gasteiger partial charge in [0, 0.05) is 25.0 Å². The number of nitro groups is 1. The first-order valence-corrected chi connectivity index (χ1v) is 5.62. The van der Waals surface area contributed by atoms with E-state index in [-0.39, 0.29) is 17.3 Å². The Morgan fingerprint density at radius 2 is 2.21 bits per heavy atom. The molecule has 2 aromatic rings. The summed E-state index contributed by atoms with van der Waals surface area (Å²) in [5.41, 5.74) is 7.43. The molecule has 0 amide bonds. The third-order valence-electron chi connectivity index (χ3n) is 2.69. The highest BCUT2D eigenvalue weighted by Gasteiger charge is 2.15. The fourth-order valence-corrected chi connectivity index (χ4v) is 1.61. The summed E-state index contributed by atoms with van der Waals surface area (Å²) in [5, 5.41) is 13.8. The molecule has 2 aromatic heterocycles. The van der Waals surface area contributed by atoms with Crippen LogP contribution in [-0.4, -0.2) is 14.9 Å². The molecule has 7 nitrogen and oxygen atoms in total. The minimum absolute atomic E-state index is 0.101. The van der Waals surface area contributed by atoms with Crippen LogP contribution in [0.5, 0.6) is 0 Å². The predicted octanol–water partition coefficient (Wildman–Crippen LogP) is 1.89. The van der Waals surface area contributed by atoms with Crippen molar-refractivity contribution in [2.24, 2.45) is 0 Å². The molecule has 0 spiro atoms. The van der Waals surface area contributed by atoms with Gasteiger partial charge in [-0.15, -0.1) is 0 Å². The first-order valence-electron chi connectivity index (χ1n) is 5.62. The van der Waals surface area contributed by atoms with Crippen LogP contribution >= 0.6 is 0 Å². The molecule has 0 fully saturated rings. The summed E-state index contributed by atoms with van der Waals surface area (Å²) >= 11 is 0. The van der Waals surface area contributed by atoms with Crippen molar-refractivity contribution in [2.45, 2.75) is 13.5 Å². The van der Waals surface area contributed by atoms with Crippen LogP contribution in [-0.2, 0) is 6.54 Å². The number of pyridine rings is 2. The van der Waals surface area contributed by atoms with Crippen LogP contribution in [0.15, 0.2) is 30.6 Å². The maximum atomic E-state index is 10.9. The maximum Gasteiger partial charge on any atom is 0.311 e. The second kappa shape index (κ2) is 5.30. The molecule has 0 atom stereocenters. The molecule has 2 heterocycles. The minimum Gasteiger partial charge on any atom is -0.384 e. The molecule has 0 bridgehead atoms. The molecule has 0 aromatic carbocycles. The van der Waals surface area contributed by atoms with Gasteiger partial charge in [-0.3, -0.25) is 15.1 Å². The number of hydrogen-bond donors (Lipinski definition) is 2. The van der Waals surface area contributed by atoms with Crippen LogP contribution in [0.4, 0.5) is 17.3 Å². The van der Waals surface area contributed by atoms with Gasteiger partial charge in [0.25, 0.3) is 0 Å². The van der Waals surface area contributed by atoms with Gasteiger partial charge in [0.1, 0.15) is 5.82 Å². The summed E-state index contributed by atoms with van der Waals surface area (Å²) in [4.78, 5) is 18.3. The van der Waals surface area contributed by atoms with E-state index in [1.807, 2.05) is 13.0 Å². The van der Waals surface area contributed by atoms with Gasteiger partial charge >= 0.3 is 5.69 Å². The molecule has 0 saturated carbocycles. The Labute approximate surface area is 109 Å². The number of rotatable bonds is 4. The molecule has 2 rings (SSSR count). The van der Waals surface area contributed by atoms with Crippen LogP contribution in [0.3, 0.4) is 0 Å². The molecular weight excluding hydrogens is 246 g/mol. The van der Waals surface area contributed by atoms with E-state index in [0.29, 0.717) is 6.54 Å². The number of nitrogen functional groups attached to an aromatic ring is 1. The van der Waals surface area contributed by atoms with Crippen LogP contribution < -0.4 is 11.1 Å². The first kappa shape index (κ1) is 12.7. The second-order valence-electron chi connectivity index (χ2n) is 4.02. The van der Waals surface area contributed by atoms with E-state index >= 15 is 0 Å². The number of anilines is 2. The fourth-order valence-electron chi connectivity index (χ4n) is 1.61. The Morgan fingerprint density at radius 1 is 1.42 bits per heavy atom. The lowest BCUT2D eigenvalue weighted by molar-refractivity contribution is -0.384. The topological polar surface area (TPSA) is 107 Å². The Morgan fingerprint density at radius 3 is 2.89 bits per heavy atom. The summed E-state index contributed by atoms with van der Waals surface area (Å²) in [5.74, 6) is 0.393. The Kier molecular flexibility index (Phi) is 3.56. The minimum atomic E-state index is -0.495. The van der Waals surface area contributed by atoms with Crippen molar-refractivity contribution < 1.29 is 4.92 Å². The SMILES string of the molecule is Cc1ccncc1CNc1nc(N)ccc1[N+](=O)[O-]. The monoisotopic (exact) mass is 259 g/mol.